The average Bonchev–Trinajstić information content (AvgIpc) is 3.02. The van der Waals surface area contributed by atoms with Crippen LogP contribution in [0.15, 0.2) is 109 Å². The van der Waals surface area contributed by atoms with Crippen molar-refractivity contribution >= 4 is 23.9 Å². The van der Waals surface area contributed by atoms with E-state index in [1.165, 1.54) is 79.9 Å². The van der Waals surface area contributed by atoms with Crippen molar-refractivity contribution in [1.29, 1.82) is 0 Å². The Balaban J connectivity index is 0. The number of hydrogen-bond donors (Lipinski definition) is 2. The standard InChI is InChI=1S/C10H12O3.C8H8O3.2C7H6O2.2Na/c1-2-7-13-10(12)8-3-5-9(11)6-4-8;1-11-8(10)6-2-4-7(9)5-3-6;2*8-7(9)6-4-2-1-3-5-6;;/h3-6,11H,2,7H2,1H3;2-5,9H,1H3;2*1-5H,(H,8,9);;/q;;;;2*+1/p-2. The Morgan fingerprint density at radius 2 is 0.909 bits per heavy atom. The molecule has 0 saturated carbocycles. The van der Waals surface area contributed by atoms with E-state index in [1.54, 1.807) is 36.4 Å². The third kappa shape index (κ3) is 18.1. The maximum absolute atomic E-state index is 11.2. The van der Waals surface area contributed by atoms with Crippen molar-refractivity contribution in [3.05, 3.63) is 131 Å². The van der Waals surface area contributed by atoms with Crippen LogP contribution in [0.3, 0.4) is 0 Å². The van der Waals surface area contributed by atoms with E-state index in [2.05, 4.69) is 4.74 Å². The van der Waals surface area contributed by atoms with Gasteiger partial charge in [-0.2, -0.15) is 0 Å². The zero-order valence-electron chi connectivity index (χ0n) is 25.0. The summed E-state index contributed by atoms with van der Waals surface area (Å²) < 4.78 is 9.35. The molecule has 10 nitrogen and oxygen atoms in total. The van der Waals surface area contributed by atoms with Gasteiger partial charge in [0, 0.05) is 0 Å². The Labute approximate surface area is 299 Å². The van der Waals surface area contributed by atoms with Gasteiger partial charge in [-0.15, -0.1) is 0 Å². The van der Waals surface area contributed by atoms with Crippen LogP contribution >= 0.6 is 0 Å². The largest absolute Gasteiger partial charge is 1.00 e. The third-order valence-corrected chi connectivity index (χ3v) is 4.85. The molecule has 0 saturated heterocycles. The molecule has 4 aromatic rings. The number of phenols is 2. The van der Waals surface area contributed by atoms with Gasteiger partial charge < -0.3 is 39.5 Å². The summed E-state index contributed by atoms with van der Waals surface area (Å²) in [5, 5.41) is 38.0. The number of ether oxygens (including phenoxy) is 2. The summed E-state index contributed by atoms with van der Waals surface area (Å²) in [6, 6.07) is 28.0. The zero-order chi connectivity index (χ0) is 31.3. The number of hydrogen-bond acceptors (Lipinski definition) is 10. The predicted molar refractivity (Wildman–Crippen MR) is 150 cm³/mol. The first-order valence-electron chi connectivity index (χ1n) is 12.4. The topological polar surface area (TPSA) is 173 Å². The van der Waals surface area contributed by atoms with Crippen molar-refractivity contribution in [1.82, 2.24) is 0 Å². The Hall–Kier alpha value is -3.64. The number of aromatic hydroxyl groups is 2. The van der Waals surface area contributed by atoms with Crippen LogP contribution in [0.1, 0.15) is 54.8 Å². The number of carbonyl (C=O) groups is 4. The molecule has 0 unspecified atom stereocenters. The zero-order valence-corrected chi connectivity index (χ0v) is 29.0. The Morgan fingerprint density at radius 1 is 0.568 bits per heavy atom. The van der Waals surface area contributed by atoms with Crippen molar-refractivity contribution in [3.8, 4) is 11.5 Å². The minimum Gasteiger partial charge on any atom is -0.545 e. The molecule has 2 N–H and O–H groups in total. The van der Waals surface area contributed by atoms with E-state index in [-0.39, 0.29) is 87.7 Å². The summed E-state index contributed by atoms with van der Waals surface area (Å²) in [6.45, 7) is 2.36. The van der Waals surface area contributed by atoms with Gasteiger partial charge >= 0.3 is 71.1 Å². The molecule has 0 aliphatic heterocycles. The van der Waals surface area contributed by atoms with Crippen LogP contribution in [-0.4, -0.2) is 47.8 Å². The summed E-state index contributed by atoms with van der Waals surface area (Å²) in [7, 11) is 1.31. The smallest absolute Gasteiger partial charge is 0.545 e. The van der Waals surface area contributed by atoms with Gasteiger partial charge in [0.05, 0.1) is 36.8 Å². The fourth-order valence-corrected chi connectivity index (χ4v) is 2.74. The predicted octanol–water partition coefficient (Wildman–Crippen LogP) is -2.75. The quantitative estimate of drug-likeness (QED) is 0.170. The van der Waals surface area contributed by atoms with Gasteiger partial charge in [-0.25, -0.2) is 9.59 Å². The molecule has 0 heterocycles. The molecule has 0 spiro atoms. The van der Waals surface area contributed by atoms with Crippen LogP contribution < -0.4 is 69.3 Å². The molecular formula is C32H30Na2O10. The van der Waals surface area contributed by atoms with Gasteiger partial charge in [0.2, 0.25) is 0 Å². The van der Waals surface area contributed by atoms with E-state index >= 15 is 0 Å². The second-order valence-electron chi connectivity index (χ2n) is 8.03. The van der Waals surface area contributed by atoms with E-state index in [4.69, 9.17) is 14.9 Å². The molecule has 0 aliphatic rings. The first-order chi connectivity index (χ1) is 20.1. The number of rotatable bonds is 6. The number of carboxylic acids is 2. The summed E-state index contributed by atoms with van der Waals surface area (Å²) in [6.07, 6.45) is 0.809. The van der Waals surface area contributed by atoms with E-state index < -0.39 is 17.9 Å². The third-order valence-electron chi connectivity index (χ3n) is 4.85. The summed E-state index contributed by atoms with van der Waals surface area (Å²) in [5.41, 5.74) is 1.34. The number of carboxylic acid groups (broad SMARTS) is 2. The molecule has 0 aromatic heterocycles. The van der Waals surface area contributed by atoms with E-state index in [0.717, 1.165) is 6.42 Å². The molecule has 220 valence electrons. The first-order valence-corrected chi connectivity index (χ1v) is 12.4. The minimum absolute atomic E-state index is 0. The average molecular weight is 621 g/mol. The van der Waals surface area contributed by atoms with Crippen molar-refractivity contribution < 1.29 is 108 Å². The summed E-state index contributed by atoms with van der Waals surface area (Å²) >= 11 is 0. The summed E-state index contributed by atoms with van der Waals surface area (Å²) in [4.78, 5) is 42.2. The van der Waals surface area contributed by atoms with Crippen molar-refractivity contribution in [2.24, 2.45) is 0 Å². The van der Waals surface area contributed by atoms with Crippen LogP contribution in [0, 0.1) is 0 Å². The van der Waals surface area contributed by atoms with Crippen LogP contribution in [0.2, 0.25) is 0 Å². The van der Waals surface area contributed by atoms with Crippen molar-refractivity contribution in [3.63, 3.8) is 0 Å². The molecule has 0 radical (unpaired) electrons. The van der Waals surface area contributed by atoms with Crippen molar-refractivity contribution in [2.45, 2.75) is 13.3 Å². The van der Waals surface area contributed by atoms with Gasteiger partial charge in [0.15, 0.2) is 0 Å². The molecular weight excluding hydrogens is 590 g/mol. The number of phenolic OH excluding ortho intramolecular Hbond substituents is 2. The molecule has 0 aliphatic carbocycles. The Kier molecular flexibility index (Phi) is 23.9. The normalized spacial score (nSPS) is 8.77. The maximum atomic E-state index is 11.2. The molecule has 0 amide bonds. The Bertz CT molecular complexity index is 1330. The second-order valence-corrected chi connectivity index (χ2v) is 8.03. The number of aromatic carboxylic acids is 2. The molecule has 0 atom stereocenters. The van der Waals surface area contributed by atoms with Gasteiger partial charge in [0.25, 0.3) is 0 Å². The van der Waals surface area contributed by atoms with Gasteiger partial charge in [0.1, 0.15) is 11.5 Å². The minimum atomic E-state index is -1.13. The molecule has 4 rings (SSSR count). The van der Waals surface area contributed by atoms with Crippen LogP contribution in [-0.2, 0) is 9.47 Å². The molecule has 0 bridgehead atoms. The maximum Gasteiger partial charge on any atom is 1.00 e. The van der Waals surface area contributed by atoms with Gasteiger partial charge in [-0.05, 0) is 66.1 Å². The fraction of sp³-hybridized carbons (Fsp3) is 0.125. The second kappa shape index (κ2) is 24.8. The van der Waals surface area contributed by atoms with Crippen LogP contribution in [0.25, 0.3) is 0 Å². The number of methoxy groups -OCH3 is 1. The van der Waals surface area contributed by atoms with E-state index in [0.29, 0.717) is 17.7 Å². The number of esters is 2. The Morgan fingerprint density at radius 3 is 1.18 bits per heavy atom. The SMILES string of the molecule is CCCOC(=O)c1ccc(O)cc1.COC(=O)c1ccc(O)cc1.O=C([O-])c1ccccc1.O=C([O-])c1ccccc1.[Na+].[Na+]. The number of carbonyl (C=O) groups excluding carboxylic acids is 4. The van der Waals surface area contributed by atoms with E-state index in [1.807, 2.05) is 6.92 Å². The van der Waals surface area contributed by atoms with Gasteiger partial charge in [-0.3, -0.25) is 0 Å². The number of benzene rings is 4. The van der Waals surface area contributed by atoms with E-state index in [9.17, 15) is 29.4 Å². The molecule has 44 heavy (non-hydrogen) atoms. The molecule has 12 heteroatoms. The first kappa shape index (κ1) is 42.5. The van der Waals surface area contributed by atoms with Crippen molar-refractivity contribution in [2.75, 3.05) is 13.7 Å². The molecule has 0 fully saturated rings. The fourth-order valence-electron chi connectivity index (χ4n) is 2.74. The monoisotopic (exact) mass is 620 g/mol. The van der Waals surface area contributed by atoms with Gasteiger partial charge in [-0.1, -0.05) is 67.6 Å². The van der Waals surface area contributed by atoms with Crippen LogP contribution in [0.4, 0.5) is 0 Å². The van der Waals surface area contributed by atoms with Crippen LogP contribution in [0.5, 0.6) is 11.5 Å². The molecule has 4 aromatic carbocycles. The summed E-state index contributed by atoms with van der Waals surface area (Å²) in [5.74, 6) is -2.72.